The van der Waals surface area contributed by atoms with Crippen molar-refractivity contribution in [1.29, 1.82) is 0 Å². The van der Waals surface area contributed by atoms with E-state index >= 15 is 0 Å². The molecule has 0 amide bonds. The Balaban J connectivity index is 1.11. The second-order valence-corrected chi connectivity index (χ2v) is 11.7. The second-order valence-electron chi connectivity index (χ2n) is 11.7. The first-order chi connectivity index (χ1) is 21.4. The van der Waals surface area contributed by atoms with Gasteiger partial charge in [0.2, 0.25) is 0 Å². The molecule has 44 heavy (non-hydrogen) atoms. The number of nitrogens with two attached hydrogens (primary N) is 1. The number of likely N-dealkylation sites (tertiary alicyclic amines) is 1. The highest BCUT2D eigenvalue weighted by Crippen LogP contribution is 2.48. The summed E-state index contributed by atoms with van der Waals surface area (Å²) >= 11 is 0. The molecular weight excluding hydrogens is 563 g/mol. The molecule has 2 heterocycles. The van der Waals surface area contributed by atoms with Gasteiger partial charge in [-0.25, -0.2) is 13.2 Å². The molecule has 4 aromatic rings. The summed E-state index contributed by atoms with van der Waals surface area (Å²) in [6, 6.07) is 26.3. The molecule has 2 N–H and O–H groups in total. The second kappa shape index (κ2) is 13.2. The van der Waals surface area contributed by atoms with Gasteiger partial charge >= 0.3 is 5.97 Å². The first-order valence-corrected chi connectivity index (χ1v) is 15.2. The van der Waals surface area contributed by atoms with Crippen molar-refractivity contribution < 1.29 is 22.7 Å². The standard InChI is InChI=1S/C36H36F3N3O2/c37-26-10-8-25(9-11-26)35(44-36(43)32(40)21-24-5-2-1-3-6-24)7-4-19-41-20-18-34-31(23-41)30-22-28(39)14-17-33(30)42(34)29-15-12-27(38)13-16-29/h1-3,5-6,8-17,22,31-32,34-35H,4,7,18-21,23,40H2/t31?,32?,34-,35?/m1/s1. The van der Waals surface area contributed by atoms with Gasteiger partial charge in [0.15, 0.2) is 0 Å². The molecule has 3 unspecified atom stereocenters. The van der Waals surface area contributed by atoms with E-state index in [1.54, 1.807) is 30.3 Å². The number of hydrogen-bond acceptors (Lipinski definition) is 5. The summed E-state index contributed by atoms with van der Waals surface area (Å²) in [5.41, 5.74) is 10.7. The van der Waals surface area contributed by atoms with Crippen molar-refractivity contribution in [3.05, 3.63) is 131 Å². The van der Waals surface area contributed by atoms with Crippen LogP contribution in [-0.4, -0.2) is 42.6 Å². The number of anilines is 2. The molecule has 0 aliphatic carbocycles. The fourth-order valence-electron chi connectivity index (χ4n) is 6.63. The third-order valence-corrected chi connectivity index (χ3v) is 8.79. The first kappa shape index (κ1) is 29.9. The number of ether oxygens (including phenoxy) is 1. The highest BCUT2D eigenvalue weighted by Gasteiger charge is 2.42. The zero-order chi connectivity index (χ0) is 30.6. The van der Waals surface area contributed by atoms with E-state index in [9.17, 15) is 18.0 Å². The van der Waals surface area contributed by atoms with Gasteiger partial charge in [0.1, 0.15) is 29.6 Å². The number of halogens is 3. The summed E-state index contributed by atoms with van der Waals surface area (Å²) in [5.74, 6) is -1.31. The maximum absolute atomic E-state index is 14.4. The fourth-order valence-corrected chi connectivity index (χ4v) is 6.63. The summed E-state index contributed by atoms with van der Waals surface area (Å²) in [5, 5.41) is 0. The van der Waals surface area contributed by atoms with Gasteiger partial charge in [-0.1, -0.05) is 42.5 Å². The normalized spacial score (nSPS) is 19.2. The quantitative estimate of drug-likeness (QED) is 0.198. The fraction of sp³-hybridized carbons (Fsp3) is 0.306. The minimum Gasteiger partial charge on any atom is -0.456 e. The van der Waals surface area contributed by atoms with Crippen LogP contribution in [0.2, 0.25) is 0 Å². The predicted molar refractivity (Wildman–Crippen MR) is 165 cm³/mol. The molecule has 0 saturated carbocycles. The highest BCUT2D eigenvalue weighted by atomic mass is 19.1. The lowest BCUT2D eigenvalue weighted by atomic mass is 9.88. The zero-order valence-corrected chi connectivity index (χ0v) is 24.4. The number of carbonyl (C=O) groups is 1. The molecule has 1 fully saturated rings. The smallest absolute Gasteiger partial charge is 0.323 e. The van der Waals surface area contributed by atoms with E-state index in [1.807, 2.05) is 36.4 Å². The number of nitrogens with zero attached hydrogens (tertiary/aromatic N) is 2. The molecule has 0 radical (unpaired) electrons. The number of fused-ring (bicyclic) bond motifs is 3. The topological polar surface area (TPSA) is 58.8 Å². The minimum atomic E-state index is -0.814. The van der Waals surface area contributed by atoms with Crippen LogP contribution in [0.5, 0.6) is 0 Å². The Morgan fingerprint density at radius 2 is 1.57 bits per heavy atom. The van der Waals surface area contributed by atoms with Crippen molar-refractivity contribution in [2.45, 2.75) is 49.8 Å². The highest BCUT2D eigenvalue weighted by molar-refractivity contribution is 5.76. The Morgan fingerprint density at radius 1 is 0.886 bits per heavy atom. The van der Waals surface area contributed by atoms with Gasteiger partial charge in [-0.05, 0) is 104 Å². The van der Waals surface area contributed by atoms with E-state index in [2.05, 4.69) is 9.80 Å². The Morgan fingerprint density at radius 3 is 2.30 bits per heavy atom. The Kier molecular flexibility index (Phi) is 9.00. The van der Waals surface area contributed by atoms with Crippen molar-refractivity contribution in [1.82, 2.24) is 4.90 Å². The first-order valence-electron chi connectivity index (χ1n) is 15.2. The molecule has 2 aliphatic heterocycles. The number of esters is 1. The lowest BCUT2D eigenvalue weighted by molar-refractivity contribution is -0.151. The van der Waals surface area contributed by atoms with Crippen LogP contribution in [0.1, 0.15) is 48.0 Å². The molecule has 228 valence electrons. The minimum absolute atomic E-state index is 0.0983. The third kappa shape index (κ3) is 6.66. The van der Waals surface area contributed by atoms with Gasteiger partial charge < -0.3 is 20.3 Å². The molecular formula is C36H36F3N3O2. The average Bonchev–Trinajstić information content (AvgIpc) is 3.34. The maximum atomic E-state index is 14.4. The summed E-state index contributed by atoms with van der Waals surface area (Å²) in [6.45, 7) is 2.36. The number of benzene rings is 4. The van der Waals surface area contributed by atoms with Crippen molar-refractivity contribution in [2.75, 3.05) is 24.5 Å². The molecule has 8 heteroatoms. The summed E-state index contributed by atoms with van der Waals surface area (Å²) in [4.78, 5) is 17.6. The molecule has 1 saturated heterocycles. The van der Waals surface area contributed by atoms with Gasteiger partial charge in [-0.15, -0.1) is 0 Å². The van der Waals surface area contributed by atoms with E-state index in [1.165, 1.54) is 30.3 Å². The molecule has 0 spiro atoms. The molecule has 4 aromatic carbocycles. The molecule has 2 aliphatic rings. The lowest BCUT2D eigenvalue weighted by Crippen LogP contribution is -2.45. The molecule has 0 bridgehead atoms. The summed E-state index contributed by atoms with van der Waals surface area (Å²) in [7, 11) is 0. The molecule has 6 rings (SSSR count). The van der Waals surface area contributed by atoms with Crippen LogP contribution in [0, 0.1) is 17.5 Å². The molecule has 4 atom stereocenters. The lowest BCUT2D eigenvalue weighted by Gasteiger charge is -2.39. The van der Waals surface area contributed by atoms with Crippen LogP contribution in [0.3, 0.4) is 0 Å². The van der Waals surface area contributed by atoms with Gasteiger partial charge in [-0.2, -0.15) is 0 Å². The summed E-state index contributed by atoms with van der Waals surface area (Å²) < 4.78 is 47.7. The van der Waals surface area contributed by atoms with E-state index in [0.29, 0.717) is 12.8 Å². The monoisotopic (exact) mass is 599 g/mol. The van der Waals surface area contributed by atoms with Crippen LogP contribution < -0.4 is 10.6 Å². The average molecular weight is 600 g/mol. The van der Waals surface area contributed by atoms with Crippen LogP contribution >= 0.6 is 0 Å². The Hall–Kier alpha value is -4.14. The zero-order valence-electron chi connectivity index (χ0n) is 24.4. The SMILES string of the molecule is NC(Cc1ccccc1)C(=O)OC(CCCN1CC[C@@H]2C(C1)c1cc(F)ccc1N2c1ccc(F)cc1)c1ccc(F)cc1. The third-order valence-electron chi connectivity index (χ3n) is 8.79. The van der Waals surface area contributed by atoms with Gasteiger partial charge in [0.25, 0.3) is 0 Å². The van der Waals surface area contributed by atoms with E-state index in [0.717, 1.165) is 60.5 Å². The van der Waals surface area contributed by atoms with E-state index in [4.69, 9.17) is 10.5 Å². The van der Waals surface area contributed by atoms with Crippen molar-refractivity contribution in [2.24, 2.45) is 5.73 Å². The van der Waals surface area contributed by atoms with E-state index in [-0.39, 0.29) is 29.4 Å². The van der Waals surface area contributed by atoms with Crippen molar-refractivity contribution in [3.8, 4) is 0 Å². The van der Waals surface area contributed by atoms with Gasteiger partial charge in [0.05, 0.1) is 0 Å². The van der Waals surface area contributed by atoms with Crippen molar-refractivity contribution >= 4 is 17.3 Å². The maximum Gasteiger partial charge on any atom is 0.323 e. The van der Waals surface area contributed by atoms with Gasteiger partial charge in [-0.3, -0.25) is 4.79 Å². The number of carbonyl (C=O) groups excluding carboxylic acids is 1. The van der Waals surface area contributed by atoms with Crippen LogP contribution in [0.25, 0.3) is 0 Å². The predicted octanol–water partition coefficient (Wildman–Crippen LogP) is 7.05. The largest absolute Gasteiger partial charge is 0.456 e. The molecule has 5 nitrogen and oxygen atoms in total. The van der Waals surface area contributed by atoms with E-state index < -0.39 is 18.1 Å². The van der Waals surface area contributed by atoms with Crippen LogP contribution in [-0.2, 0) is 16.0 Å². The number of piperidine rings is 1. The molecule has 0 aromatic heterocycles. The summed E-state index contributed by atoms with van der Waals surface area (Å²) in [6.07, 6.45) is 1.95. The Labute approximate surface area is 256 Å². The Bertz CT molecular complexity index is 1570. The van der Waals surface area contributed by atoms with Crippen LogP contribution in [0.4, 0.5) is 24.5 Å². The number of hydrogen-bond donors (Lipinski definition) is 1. The van der Waals surface area contributed by atoms with Gasteiger partial charge in [0, 0.05) is 36.4 Å². The number of rotatable bonds is 10. The van der Waals surface area contributed by atoms with Crippen LogP contribution in [0.15, 0.2) is 97.1 Å². The van der Waals surface area contributed by atoms with Crippen molar-refractivity contribution in [3.63, 3.8) is 0 Å².